The molecule has 206 valence electrons. The molecule has 0 saturated heterocycles. The number of methoxy groups -OCH3 is 2. The molecular formula is C32H29N5O4. The second kappa shape index (κ2) is 11.1. The molecule has 0 radical (unpaired) electrons. The summed E-state index contributed by atoms with van der Waals surface area (Å²) in [6.45, 7) is 2.26. The van der Waals surface area contributed by atoms with Gasteiger partial charge in [0.25, 0.3) is 5.91 Å². The molecule has 1 unspecified atom stereocenters. The van der Waals surface area contributed by atoms with Gasteiger partial charge in [-0.15, -0.1) is 0 Å². The number of fused-ring (bicyclic) bond motifs is 2. The number of rotatable bonds is 8. The van der Waals surface area contributed by atoms with Crippen molar-refractivity contribution in [2.45, 2.75) is 19.6 Å². The third-order valence-corrected chi connectivity index (χ3v) is 7.14. The average molecular weight is 548 g/mol. The van der Waals surface area contributed by atoms with E-state index in [-0.39, 0.29) is 5.91 Å². The molecule has 2 heterocycles. The Morgan fingerprint density at radius 2 is 1.78 bits per heavy atom. The lowest BCUT2D eigenvalue weighted by atomic mass is 9.94. The molecule has 0 bridgehead atoms. The highest BCUT2D eigenvalue weighted by Crippen LogP contribution is 2.37. The number of nitrogens with zero attached hydrogens (tertiary/aromatic N) is 3. The molecule has 9 nitrogen and oxygen atoms in total. The van der Waals surface area contributed by atoms with Gasteiger partial charge in [-0.25, -0.2) is 4.68 Å². The fraction of sp³-hybridized carbons (Fsp3) is 0.156. The lowest BCUT2D eigenvalue weighted by Crippen LogP contribution is -2.31. The first-order valence-electron chi connectivity index (χ1n) is 13.2. The molecule has 5 aromatic rings. The molecule has 1 aliphatic rings. The lowest BCUT2D eigenvalue weighted by molar-refractivity contribution is -0.113. The summed E-state index contributed by atoms with van der Waals surface area (Å²) < 4.78 is 18.8. The standard InChI is InChI=1S/C32H29N5O4/c1-20-29(31(38)36-27-15-14-24(39-2)17-28(27)40-3)30(37-32(35-20)33-19-34-37)22-10-7-12-25(16-22)41-18-23-11-6-9-21-8-4-5-13-26(21)23/h4-17,19,30H,18H2,1-3H3,(H,36,38)(H,33,34,35). The molecule has 41 heavy (non-hydrogen) atoms. The first kappa shape index (κ1) is 25.9. The number of hydrogen-bond acceptors (Lipinski definition) is 7. The van der Waals surface area contributed by atoms with E-state index in [1.54, 1.807) is 37.1 Å². The van der Waals surface area contributed by atoms with Gasteiger partial charge < -0.3 is 24.8 Å². The predicted molar refractivity (Wildman–Crippen MR) is 157 cm³/mol. The Morgan fingerprint density at radius 3 is 2.63 bits per heavy atom. The zero-order chi connectivity index (χ0) is 28.3. The van der Waals surface area contributed by atoms with Gasteiger partial charge in [-0.1, -0.05) is 54.6 Å². The van der Waals surface area contributed by atoms with Crippen molar-refractivity contribution in [3.8, 4) is 17.2 Å². The predicted octanol–water partition coefficient (Wildman–Crippen LogP) is 5.96. The Bertz CT molecular complexity index is 1770. The van der Waals surface area contributed by atoms with Gasteiger partial charge in [0.05, 0.1) is 25.5 Å². The minimum atomic E-state index is -0.543. The Hall–Kier alpha value is -5.31. The minimum Gasteiger partial charge on any atom is -0.497 e. The van der Waals surface area contributed by atoms with Gasteiger partial charge in [-0.3, -0.25) is 4.79 Å². The average Bonchev–Trinajstić information content (AvgIpc) is 3.47. The Morgan fingerprint density at radius 1 is 0.951 bits per heavy atom. The molecule has 6 rings (SSSR count). The molecule has 0 fully saturated rings. The maximum atomic E-state index is 13.8. The van der Waals surface area contributed by atoms with E-state index in [9.17, 15) is 4.79 Å². The van der Waals surface area contributed by atoms with Crippen LogP contribution >= 0.6 is 0 Å². The molecule has 1 amide bonds. The topological polar surface area (TPSA) is 99.5 Å². The molecule has 0 aliphatic carbocycles. The van der Waals surface area contributed by atoms with Crippen molar-refractivity contribution in [1.82, 2.24) is 14.8 Å². The molecule has 0 spiro atoms. The molecule has 2 N–H and O–H groups in total. The molecular weight excluding hydrogens is 518 g/mol. The summed E-state index contributed by atoms with van der Waals surface area (Å²) in [7, 11) is 3.13. The van der Waals surface area contributed by atoms with E-state index in [0.29, 0.717) is 46.8 Å². The van der Waals surface area contributed by atoms with Gasteiger partial charge in [0.15, 0.2) is 0 Å². The summed E-state index contributed by atoms with van der Waals surface area (Å²) in [5.74, 6) is 2.05. The lowest BCUT2D eigenvalue weighted by Gasteiger charge is -2.29. The maximum Gasteiger partial charge on any atom is 0.255 e. The van der Waals surface area contributed by atoms with Gasteiger partial charge in [0, 0.05) is 11.8 Å². The Labute approximate surface area is 237 Å². The number of amides is 1. The van der Waals surface area contributed by atoms with Crippen LogP contribution in [0, 0.1) is 0 Å². The Kier molecular flexibility index (Phi) is 6.99. The molecule has 1 aromatic heterocycles. The van der Waals surface area contributed by atoms with Crippen molar-refractivity contribution >= 4 is 28.3 Å². The summed E-state index contributed by atoms with van der Waals surface area (Å²) in [5, 5.41) is 13.0. The quantitative estimate of drug-likeness (QED) is 0.247. The van der Waals surface area contributed by atoms with Crippen LogP contribution in [0.25, 0.3) is 10.8 Å². The maximum absolute atomic E-state index is 13.8. The number of allylic oxidation sites excluding steroid dienone is 1. The van der Waals surface area contributed by atoms with Crippen LogP contribution in [-0.2, 0) is 11.4 Å². The first-order valence-corrected chi connectivity index (χ1v) is 13.2. The SMILES string of the molecule is COc1ccc(NC(=O)C2=C(C)Nc3ncnn3C2c2cccc(OCc3cccc4ccccc34)c2)c(OC)c1. The van der Waals surface area contributed by atoms with Crippen LogP contribution in [0.1, 0.15) is 24.1 Å². The van der Waals surface area contributed by atoms with Crippen LogP contribution in [0.15, 0.2) is 103 Å². The van der Waals surface area contributed by atoms with Gasteiger partial charge in [-0.05, 0) is 53.1 Å². The summed E-state index contributed by atoms with van der Waals surface area (Å²) >= 11 is 0. The van der Waals surface area contributed by atoms with E-state index in [2.05, 4.69) is 45.0 Å². The van der Waals surface area contributed by atoms with E-state index < -0.39 is 6.04 Å². The molecule has 4 aromatic carbocycles. The Balaban J connectivity index is 1.31. The highest BCUT2D eigenvalue weighted by molar-refractivity contribution is 6.06. The zero-order valence-corrected chi connectivity index (χ0v) is 22.9. The van der Waals surface area contributed by atoms with E-state index in [1.807, 2.05) is 49.4 Å². The van der Waals surface area contributed by atoms with E-state index >= 15 is 0 Å². The van der Waals surface area contributed by atoms with Crippen LogP contribution in [0.3, 0.4) is 0 Å². The number of nitrogens with one attached hydrogen (secondary N) is 2. The van der Waals surface area contributed by atoms with Crippen LogP contribution < -0.4 is 24.8 Å². The molecule has 1 aliphatic heterocycles. The third-order valence-electron chi connectivity index (χ3n) is 7.14. The number of carbonyl (C=O) groups is 1. The number of anilines is 2. The fourth-order valence-corrected chi connectivity index (χ4v) is 5.14. The minimum absolute atomic E-state index is 0.299. The fourth-order valence-electron chi connectivity index (χ4n) is 5.14. The van der Waals surface area contributed by atoms with Crippen molar-refractivity contribution in [3.05, 3.63) is 114 Å². The van der Waals surface area contributed by atoms with Crippen molar-refractivity contribution in [1.29, 1.82) is 0 Å². The van der Waals surface area contributed by atoms with Gasteiger partial charge in [-0.2, -0.15) is 10.1 Å². The number of ether oxygens (including phenoxy) is 3. The van der Waals surface area contributed by atoms with Gasteiger partial charge in [0.2, 0.25) is 5.95 Å². The van der Waals surface area contributed by atoms with Crippen LogP contribution in [0.5, 0.6) is 17.2 Å². The molecule has 1 atom stereocenters. The van der Waals surface area contributed by atoms with Crippen molar-refractivity contribution in [2.24, 2.45) is 0 Å². The first-order chi connectivity index (χ1) is 20.1. The van der Waals surface area contributed by atoms with Crippen molar-refractivity contribution in [2.75, 3.05) is 24.9 Å². The van der Waals surface area contributed by atoms with E-state index in [1.165, 1.54) is 11.7 Å². The highest BCUT2D eigenvalue weighted by Gasteiger charge is 2.34. The van der Waals surface area contributed by atoms with E-state index in [4.69, 9.17) is 14.2 Å². The summed E-state index contributed by atoms with van der Waals surface area (Å²) in [5.41, 5.74) is 3.61. The number of benzene rings is 4. The van der Waals surface area contributed by atoms with Crippen LogP contribution in [-0.4, -0.2) is 34.9 Å². The normalized spacial score (nSPS) is 14.3. The molecule has 9 heteroatoms. The van der Waals surface area contributed by atoms with Gasteiger partial charge in [0.1, 0.15) is 36.2 Å². The third kappa shape index (κ3) is 5.05. The number of carbonyl (C=O) groups excluding carboxylic acids is 1. The summed E-state index contributed by atoms with van der Waals surface area (Å²) in [6, 6.07) is 26.9. The number of aromatic nitrogens is 3. The van der Waals surface area contributed by atoms with Crippen LogP contribution in [0.2, 0.25) is 0 Å². The zero-order valence-electron chi connectivity index (χ0n) is 22.9. The van der Waals surface area contributed by atoms with Gasteiger partial charge >= 0.3 is 0 Å². The van der Waals surface area contributed by atoms with Crippen molar-refractivity contribution < 1.29 is 19.0 Å². The van der Waals surface area contributed by atoms with Crippen molar-refractivity contribution in [3.63, 3.8) is 0 Å². The highest BCUT2D eigenvalue weighted by atomic mass is 16.5. The second-order valence-corrected chi connectivity index (χ2v) is 9.61. The number of hydrogen-bond donors (Lipinski definition) is 2. The van der Waals surface area contributed by atoms with Crippen LogP contribution in [0.4, 0.5) is 11.6 Å². The summed E-state index contributed by atoms with van der Waals surface area (Å²) in [4.78, 5) is 18.2. The smallest absolute Gasteiger partial charge is 0.255 e. The second-order valence-electron chi connectivity index (χ2n) is 9.61. The summed E-state index contributed by atoms with van der Waals surface area (Å²) in [6.07, 6.45) is 1.47. The largest absolute Gasteiger partial charge is 0.497 e. The van der Waals surface area contributed by atoms with E-state index in [0.717, 1.165) is 16.5 Å². The monoisotopic (exact) mass is 547 g/mol. The molecule has 0 saturated carbocycles.